The van der Waals surface area contributed by atoms with Crippen LogP contribution in [0.4, 0.5) is 11.8 Å². The minimum Gasteiger partial charge on any atom is -0.351 e. The second-order valence-electron chi connectivity index (χ2n) is 10.3. The summed E-state index contributed by atoms with van der Waals surface area (Å²) in [6, 6.07) is 16.7. The lowest BCUT2D eigenvalue weighted by molar-refractivity contribution is -0.117. The summed E-state index contributed by atoms with van der Waals surface area (Å²) in [4.78, 5) is 22.6. The van der Waals surface area contributed by atoms with Crippen molar-refractivity contribution >= 4 is 28.6 Å². The lowest BCUT2D eigenvalue weighted by Crippen LogP contribution is -2.33. The maximum Gasteiger partial charge on any atom is 0.233 e. The molecule has 1 aliphatic carbocycles. The third-order valence-corrected chi connectivity index (χ3v) is 7.60. The molecule has 1 aliphatic rings. The smallest absolute Gasteiger partial charge is 0.233 e. The SMILES string of the molecule is CCc1cc(-c2cc(NC(=O)C(CC)c3ccccc3)nn2C)cc2cnc(N[C@H]3CC[C@H](N)CC3)nc12. The second kappa shape index (κ2) is 11.3. The maximum absolute atomic E-state index is 13.1. The van der Waals surface area contributed by atoms with Crippen molar-refractivity contribution in [1.82, 2.24) is 19.7 Å². The van der Waals surface area contributed by atoms with Crippen molar-refractivity contribution in [2.24, 2.45) is 12.8 Å². The summed E-state index contributed by atoms with van der Waals surface area (Å²) in [5.41, 5.74) is 11.1. The maximum atomic E-state index is 13.1. The highest BCUT2D eigenvalue weighted by atomic mass is 16.2. The van der Waals surface area contributed by atoms with E-state index in [1.807, 2.05) is 61.2 Å². The average Bonchev–Trinajstić information content (AvgIpc) is 3.30. The molecule has 4 aromatic rings. The first-order chi connectivity index (χ1) is 18.4. The molecule has 1 unspecified atom stereocenters. The van der Waals surface area contributed by atoms with Gasteiger partial charge in [-0.25, -0.2) is 9.97 Å². The molecule has 5 rings (SSSR count). The zero-order valence-electron chi connectivity index (χ0n) is 22.4. The molecule has 8 nitrogen and oxygen atoms in total. The van der Waals surface area contributed by atoms with Gasteiger partial charge < -0.3 is 16.4 Å². The predicted octanol–water partition coefficient (Wildman–Crippen LogP) is 5.41. The van der Waals surface area contributed by atoms with Gasteiger partial charge in [0.25, 0.3) is 0 Å². The Balaban J connectivity index is 1.38. The number of anilines is 2. The van der Waals surface area contributed by atoms with Crippen LogP contribution in [0.3, 0.4) is 0 Å². The van der Waals surface area contributed by atoms with Gasteiger partial charge in [-0.05, 0) is 61.8 Å². The lowest BCUT2D eigenvalue weighted by Gasteiger charge is -2.26. The second-order valence-corrected chi connectivity index (χ2v) is 10.3. The summed E-state index contributed by atoms with van der Waals surface area (Å²) in [6.07, 6.45) is 7.62. The average molecular weight is 512 g/mol. The molecule has 2 aromatic carbocycles. The summed E-state index contributed by atoms with van der Waals surface area (Å²) in [5, 5.41) is 12.1. The first-order valence-corrected chi connectivity index (χ1v) is 13.7. The third kappa shape index (κ3) is 5.55. The number of carbonyl (C=O) groups is 1. The standard InChI is InChI=1S/C30H37N7O/c1-4-19-15-21(16-22-18-32-30(35-28(19)22)33-24-13-11-23(31)12-14-24)26-17-27(36-37(26)3)34-29(38)25(5-2)20-9-7-6-8-10-20/h6-10,15-18,23-25H,4-5,11-14,31H2,1-3H3,(H,32,33,35)(H,34,36,38)/t23-,24-,25?. The summed E-state index contributed by atoms with van der Waals surface area (Å²) in [5.74, 6) is 0.946. The van der Waals surface area contributed by atoms with Crippen LogP contribution in [0, 0.1) is 0 Å². The Morgan fingerprint density at radius 3 is 2.58 bits per heavy atom. The van der Waals surface area contributed by atoms with Crippen molar-refractivity contribution < 1.29 is 4.79 Å². The van der Waals surface area contributed by atoms with E-state index in [4.69, 9.17) is 10.7 Å². The van der Waals surface area contributed by atoms with Gasteiger partial charge in [0, 0.05) is 42.3 Å². The number of hydrogen-bond acceptors (Lipinski definition) is 6. The Morgan fingerprint density at radius 2 is 1.87 bits per heavy atom. The molecule has 0 saturated heterocycles. The number of nitrogens with two attached hydrogens (primary N) is 1. The van der Waals surface area contributed by atoms with Crippen LogP contribution >= 0.6 is 0 Å². The Morgan fingerprint density at radius 1 is 1.11 bits per heavy atom. The summed E-state index contributed by atoms with van der Waals surface area (Å²) >= 11 is 0. The Hall–Kier alpha value is -3.78. The van der Waals surface area contributed by atoms with E-state index in [0.717, 1.165) is 65.4 Å². The van der Waals surface area contributed by atoms with Gasteiger partial charge in [0.2, 0.25) is 11.9 Å². The number of rotatable bonds is 8. The monoisotopic (exact) mass is 511 g/mol. The topological polar surface area (TPSA) is 111 Å². The van der Waals surface area contributed by atoms with Gasteiger partial charge in [-0.2, -0.15) is 5.10 Å². The van der Waals surface area contributed by atoms with E-state index in [9.17, 15) is 4.79 Å². The molecule has 38 heavy (non-hydrogen) atoms. The van der Waals surface area contributed by atoms with Crippen LogP contribution in [-0.4, -0.2) is 37.7 Å². The van der Waals surface area contributed by atoms with Gasteiger partial charge in [0.15, 0.2) is 5.82 Å². The number of nitrogens with one attached hydrogen (secondary N) is 2. The largest absolute Gasteiger partial charge is 0.351 e. The van der Waals surface area contributed by atoms with Gasteiger partial charge in [0.1, 0.15) is 0 Å². The molecule has 0 radical (unpaired) electrons. The van der Waals surface area contributed by atoms with E-state index in [1.165, 1.54) is 0 Å². The van der Waals surface area contributed by atoms with Crippen LogP contribution in [0.15, 0.2) is 54.7 Å². The number of fused-ring (bicyclic) bond motifs is 1. The van der Waals surface area contributed by atoms with Gasteiger partial charge in [-0.15, -0.1) is 0 Å². The summed E-state index contributed by atoms with van der Waals surface area (Å²) in [7, 11) is 1.90. The van der Waals surface area contributed by atoms with Crippen molar-refractivity contribution in [3.8, 4) is 11.3 Å². The quantitative estimate of drug-likeness (QED) is 0.292. The molecule has 1 fully saturated rings. The molecule has 1 amide bonds. The van der Waals surface area contributed by atoms with E-state index < -0.39 is 0 Å². The van der Waals surface area contributed by atoms with Gasteiger partial charge in [-0.1, -0.05) is 44.2 Å². The minimum atomic E-state index is -0.223. The molecule has 1 atom stereocenters. The normalized spacial score (nSPS) is 18.3. The fourth-order valence-corrected chi connectivity index (χ4v) is 5.42. The van der Waals surface area contributed by atoms with Crippen molar-refractivity contribution in [2.45, 2.75) is 70.4 Å². The molecule has 0 bridgehead atoms. The number of carbonyl (C=O) groups excluding carboxylic acids is 1. The van der Waals surface area contributed by atoms with E-state index >= 15 is 0 Å². The molecule has 2 heterocycles. The first-order valence-electron chi connectivity index (χ1n) is 13.7. The number of aromatic nitrogens is 4. The fourth-order valence-electron chi connectivity index (χ4n) is 5.42. The minimum absolute atomic E-state index is 0.0514. The van der Waals surface area contributed by atoms with Crippen LogP contribution in [0.1, 0.15) is 63.0 Å². The number of benzene rings is 2. The lowest BCUT2D eigenvalue weighted by atomic mass is 9.92. The zero-order valence-corrected chi connectivity index (χ0v) is 22.4. The number of hydrogen-bond donors (Lipinski definition) is 3. The van der Waals surface area contributed by atoms with E-state index in [1.54, 1.807) is 0 Å². The molecule has 0 spiro atoms. The molecule has 198 valence electrons. The summed E-state index contributed by atoms with van der Waals surface area (Å²) < 4.78 is 1.81. The van der Waals surface area contributed by atoms with Gasteiger partial charge >= 0.3 is 0 Å². The summed E-state index contributed by atoms with van der Waals surface area (Å²) in [6.45, 7) is 4.16. The zero-order chi connectivity index (χ0) is 26.6. The molecule has 4 N–H and O–H groups in total. The Kier molecular flexibility index (Phi) is 7.69. The van der Waals surface area contributed by atoms with Crippen molar-refractivity contribution in [1.29, 1.82) is 0 Å². The van der Waals surface area contributed by atoms with Crippen LogP contribution < -0.4 is 16.4 Å². The van der Waals surface area contributed by atoms with E-state index in [2.05, 4.69) is 39.8 Å². The highest BCUT2D eigenvalue weighted by Crippen LogP contribution is 2.30. The number of aryl methyl sites for hydroxylation is 2. The molecular weight excluding hydrogens is 474 g/mol. The number of nitrogens with zero attached hydrogens (tertiary/aromatic N) is 4. The fraction of sp³-hybridized carbons (Fsp3) is 0.400. The third-order valence-electron chi connectivity index (χ3n) is 7.60. The van der Waals surface area contributed by atoms with Crippen LogP contribution in [0.2, 0.25) is 0 Å². The van der Waals surface area contributed by atoms with Crippen molar-refractivity contribution in [2.75, 3.05) is 10.6 Å². The van der Waals surface area contributed by atoms with Gasteiger partial charge in [0.05, 0.1) is 17.1 Å². The highest BCUT2D eigenvalue weighted by molar-refractivity contribution is 5.95. The molecule has 1 saturated carbocycles. The van der Waals surface area contributed by atoms with Crippen molar-refractivity contribution in [3.05, 3.63) is 65.9 Å². The number of amides is 1. The molecule has 0 aliphatic heterocycles. The Bertz CT molecular complexity index is 1410. The van der Waals surface area contributed by atoms with E-state index in [0.29, 0.717) is 30.3 Å². The van der Waals surface area contributed by atoms with E-state index in [-0.39, 0.29) is 11.8 Å². The molecule has 2 aromatic heterocycles. The van der Waals surface area contributed by atoms with Crippen LogP contribution in [0.5, 0.6) is 0 Å². The first kappa shape index (κ1) is 25.9. The Labute approximate surface area is 224 Å². The molecule has 8 heteroatoms. The highest BCUT2D eigenvalue weighted by Gasteiger charge is 2.21. The van der Waals surface area contributed by atoms with Crippen molar-refractivity contribution in [3.63, 3.8) is 0 Å². The van der Waals surface area contributed by atoms with Crippen LogP contribution in [-0.2, 0) is 18.3 Å². The van der Waals surface area contributed by atoms with Crippen LogP contribution in [0.25, 0.3) is 22.2 Å². The molecular formula is C30H37N7O. The predicted molar refractivity (Wildman–Crippen MR) is 153 cm³/mol. The van der Waals surface area contributed by atoms with Gasteiger partial charge in [-0.3, -0.25) is 9.48 Å².